The number of nitrogens with one attached hydrogen (secondary N) is 1. The molecule has 0 aliphatic carbocycles. The molecule has 0 aliphatic heterocycles. The molecule has 4 aromatic rings. The van der Waals surface area contributed by atoms with Crippen molar-refractivity contribution in [3.8, 4) is 11.3 Å². The average molecular weight is 379 g/mol. The van der Waals surface area contributed by atoms with Crippen molar-refractivity contribution >= 4 is 29.0 Å². The summed E-state index contributed by atoms with van der Waals surface area (Å²) in [5.41, 5.74) is 3.67. The zero-order valence-corrected chi connectivity index (χ0v) is 15.4. The Morgan fingerprint density at radius 1 is 1.04 bits per heavy atom. The molecule has 7 nitrogen and oxygen atoms in total. The van der Waals surface area contributed by atoms with Crippen molar-refractivity contribution in [1.29, 1.82) is 0 Å². The third-order valence-electron chi connectivity index (χ3n) is 4.06. The molecular weight excluding hydrogens is 364 g/mol. The molecule has 3 aromatic heterocycles. The molecule has 0 radical (unpaired) electrons. The van der Waals surface area contributed by atoms with Crippen molar-refractivity contribution < 1.29 is 4.79 Å². The number of rotatable bonds is 3. The number of nitrogens with zero attached hydrogens (tertiary/aromatic N) is 5. The fourth-order valence-electron chi connectivity index (χ4n) is 2.76. The Morgan fingerprint density at radius 3 is 2.59 bits per heavy atom. The van der Waals surface area contributed by atoms with Crippen LogP contribution in [0, 0.1) is 13.8 Å². The Bertz CT molecular complexity index is 1150. The van der Waals surface area contributed by atoms with E-state index in [9.17, 15) is 4.79 Å². The lowest BCUT2D eigenvalue weighted by molar-refractivity contribution is 0.101. The molecule has 1 amide bonds. The molecule has 0 saturated heterocycles. The minimum atomic E-state index is -0.359. The number of hydrogen-bond donors (Lipinski definition) is 1. The first kappa shape index (κ1) is 17.1. The van der Waals surface area contributed by atoms with Gasteiger partial charge in [-0.2, -0.15) is 10.2 Å². The number of halogens is 1. The first-order chi connectivity index (χ1) is 13.0. The van der Waals surface area contributed by atoms with Gasteiger partial charge >= 0.3 is 0 Å². The van der Waals surface area contributed by atoms with Crippen molar-refractivity contribution in [2.75, 3.05) is 5.32 Å². The summed E-state index contributed by atoms with van der Waals surface area (Å²) in [5.74, 6) is 0.00386. The number of aryl methyl sites for hydroxylation is 2. The van der Waals surface area contributed by atoms with E-state index in [4.69, 9.17) is 11.6 Å². The van der Waals surface area contributed by atoms with Crippen LogP contribution in [-0.2, 0) is 0 Å². The molecule has 0 atom stereocenters. The highest BCUT2D eigenvalue weighted by atomic mass is 35.5. The summed E-state index contributed by atoms with van der Waals surface area (Å²) in [6, 6.07) is 14.5. The summed E-state index contributed by atoms with van der Waals surface area (Å²) in [6.07, 6.45) is 0. The SMILES string of the molecule is Cc1ccc(NC(=O)c2c(C)nc3ccc(-c4ccccc4Cl)nn23)nn1. The van der Waals surface area contributed by atoms with E-state index in [0.717, 1.165) is 11.3 Å². The van der Waals surface area contributed by atoms with Crippen molar-refractivity contribution in [3.05, 3.63) is 70.6 Å². The van der Waals surface area contributed by atoms with E-state index in [1.807, 2.05) is 31.2 Å². The minimum absolute atomic E-state index is 0.335. The maximum Gasteiger partial charge on any atom is 0.277 e. The van der Waals surface area contributed by atoms with Crippen molar-refractivity contribution in [1.82, 2.24) is 24.8 Å². The Labute approximate surface area is 160 Å². The molecule has 0 spiro atoms. The average Bonchev–Trinajstić information content (AvgIpc) is 2.99. The Hall–Kier alpha value is -3.32. The fraction of sp³-hybridized carbons (Fsp3) is 0.105. The summed E-state index contributed by atoms with van der Waals surface area (Å²) in [6.45, 7) is 3.59. The number of benzene rings is 1. The zero-order valence-electron chi connectivity index (χ0n) is 14.6. The highest BCUT2D eigenvalue weighted by Crippen LogP contribution is 2.26. The van der Waals surface area contributed by atoms with Gasteiger partial charge in [0.15, 0.2) is 17.2 Å². The van der Waals surface area contributed by atoms with Gasteiger partial charge in [0.05, 0.1) is 22.1 Å². The fourth-order valence-corrected chi connectivity index (χ4v) is 2.99. The summed E-state index contributed by atoms with van der Waals surface area (Å²) >= 11 is 6.28. The molecule has 4 rings (SSSR count). The van der Waals surface area contributed by atoms with Crippen LogP contribution in [0.5, 0.6) is 0 Å². The lowest BCUT2D eigenvalue weighted by atomic mass is 10.1. The molecule has 3 heterocycles. The monoisotopic (exact) mass is 378 g/mol. The normalized spacial score (nSPS) is 10.9. The zero-order chi connectivity index (χ0) is 19.0. The van der Waals surface area contributed by atoms with Crippen molar-refractivity contribution in [3.63, 3.8) is 0 Å². The molecule has 1 N–H and O–H groups in total. The second-order valence-corrected chi connectivity index (χ2v) is 6.44. The molecule has 0 aliphatic rings. The van der Waals surface area contributed by atoms with E-state index in [0.29, 0.717) is 33.6 Å². The number of aromatic nitrogens is 5. The lowest BCUT2D eigenvalue weighted by Crippen LogP contribution is -2.17. The molecule has 0 fully saturated rings. The second-order valence-electron chi connectivity index (χ2n) is 6.03. The molecular formula is C19H15ClN6O. The molecule has 8 heteroatoms. The molecule has 1 aromatic carbocycles. The third-order valence-corrected chi connectivity index (χ3v) is 4.39. The molecule has 134 valence electrons. The highest BCUT2D eigenvalue weighted by molar-refractivity contribution is 6.33. The number of amides is 1. The summed E-state index contributed by atoms with van der Waals surface area (Å²) in [4.78, 5) is 17.2. The van der Waals surface area contributed by atoms with E-state index in [-0.39, 0.29) is 5.91 Å². The van der Waals surface area contributed by atoms with Gasteiger partial charge in [0.2, 0.25) is 0 Å². The van der Waals surface area contributed by atoms with Crippen LogP contribution < -0.4 is 5.32 Å². The predicted molar refractivity (Wildman–Crippen MR) is 103 cm³/mol. The van der Waals surface area contributed by atoms with E-state index in [1.165, 1.54) is 4.52 Å². The van der Waals surface area contributed by atoms with E-state index in [2.05, 4.69) is 25.6 Å². The summed E-state index contributed by atoms with van der Waals surface area (Å²) < 4.78 is 1.52. The van der Waals surface area contributed by atoms with Crippen LogP contribution in [0.25, 0.3) is 16.9 Å². The Balaban J connectivity index is 1.77. The van der Waals surface area contributed by atoms with Crippen molar-refractivity contribution in [2.24, 2.45) is 0 Å². The topological polar surface area (TPSA) is 85.1 Å². The van der Waals surface area contributed by atoms with E-state index >= 15 is 0 Å². The first-order valence-electron chi connectivity index (χ1n) is 8.26. The predicted octanol–water partition coefficient (Wildman–Crippen LogP) is 3.71. The number of anilines is 1. The van der Waals surface area contributed by atoms with Gasteiger partial charge in [-0.25, -0.2) is 9.50 Å². The molecule has 27 heavy (non-hydrogen) atoms. The lowest BCUT2D eigenvalue weighted by Gasteiger charge is -2.07. The summed E-state index contributed by atoms with van der Waals surface area (Å²) in [5, 5.41) is 15.8. The van der Waals surface area contributed by atoms with Gasteiger partial charge in [-0.05, 0) is 44.2 Å². The standard InChI is InChI=1S/C19H15ClN6O/c1-11-7-9-16(24-23-11)22-19(27)18-12(2)21-17-10-8-15(25-26(17)18)13-5-3-4-6-14(13)20/h3-10H,1-2H3,(H,22,24,27). The minimum Gasteiger partial charge on any atom is -0.304 e. The van der Waals surface area contributed by atoms with E-state index in [1.54, 1.807) is 31.2 Å². The summed E-state index contributed by atoms with van der Waals surface area (Å²) in [7, 11) is 0. The number of carbonyl (C=O) groups is 1. The molecule has 0 saturated carbocycles. The number of fused-ring (bicyclic) bond motifs is 1. The largest absolute Gasteiger partial charge is 0.304 e. The van der Waals surface area contributed by atoms with Gasteiger partial charge in [-0.3, -0.25) is 4.79 Å². The maximum atomic E-state index is 12.8. The number of imidazole rings is 1. The maximum absolute atomic E-state index is 12.8. The van der Waals surface area contributed by atoms with Crippen LogP contribution in [0.4, 0.5) is 5.82 Å². The van der Waals surface area contributed by atoms with Gasteiger partial charge < -0.3 is 5.32 Å². The van der Waals surface area contributed by atoms with Crippen LogP contribution >= 0.6 is 11.6 Å². The van der Waals surface area contributed by atoms with Gasteiger partial charge in [0.1, 0.15) is 0 Å². The number of hydrogen-bond acceptors (Lipinski definition) is 5. The number of carbonyl (C=O) groups excluding carboxylic acids is 1. The van der Waals surface area contributed by atoms with Crippen LogP contribution in [0.2, 0.25) is 5.02 Å². The first-order valence-corrected chi connectivity index (χ1v) is 8.64. The van der Waals surface area contributed by atoms with Gasteiger partial charge in [0.25, 0.3) is 5.91 Å². The third kappa shape index (κ3) is 3.24. The van der Waals surface area contributed by atoms with E-state index < -0.39 is 0 Å². The smallest absolute Gasteiger partial charge is 0.277 e. The van der Waals surface area contributed by atoms with Gasteiger partial charge in [-0.15, -0.1) is 5.10 Å². The molecule has 0 bridgehead atoms. The van der Waals surface area contributed by atoms with Crippen LogP contribution in [0.1, 0.15) is 21.9 Å². The van der Waals surface area contributed by atoms with Crippen LogP contribution in [0.15, 0.2) is 48.5 Å². The Morgan fingerprint density at radius 2 is 1.85 bits per heavy atom. The van der Waals surface area contributed by atoms with Gasteiger partial charge in [-0.1, -0.05) is 29.8 Å². The quantitative estimate of drug-likeness (QED) is 0.587. The second kappa shape index (κ2) is 6.77. The highest BCUT2D eigenvalue weighted by Gasteiger charge is 2.19. The van der Waals surface area contributed by atoms with Crippen molar-refractivity contribution in [2.45, 2.75) is 13.8 Å². The van der Waals surface area contributed by atoms with Crippen LogP contribution in [-0.4, -0.2) is 30.7 Å². The van der Waals surface area contributed by atoms with Crippen LogP contribution in [0.3, 0.4) is 0 Å². The van der Waals surface area contributed by atoms with Gasteiger partial charge in [0, 0.05) is 5.56 Å². The molecule has 0 unspecified atom stereocenters. The Kier molecular flexibility index (Phi) is 4.29.